The van der Waals surface area contributed by atoms with Crippen LogP contribution < -0.4 is 5.32 Å². The number of ether oxygens (including phenoxy) is 1. The Balaban J connectivity index is 2.70. The number of benzene rings is 1. The van der Waals surface area contributed by atoms with Gasteiger partial charge in [-0.1, -0.05) is 89.2 Å². The monoisotopic (exact) mass is 469 g/mol. The van der Waals surface area contributed by atoms with E-state index in [1.54, 1.807) is 0 Å². The molecule has 0 radical (unpaired) electrons. The quantitative estimate of drug-likeness (QED) is 0.441. The third-order valence-electron chi connectivity index (χ3n) is 6.10. The maximum absolute atomic E-state index is 12.7. The molecule has 188 valence electrons. The molecule has 0 unspecified atom stereocenters. The van der Waals surface area contributed by atoms with Crippen LogP contribution in [0.25, 0.3) is 0 Å². The third kappa shape index (κ3) is 6.17. The predicted molar refractivity (Wildman–Crippen MR) is 137 cm³/mol. The number of rotatable bonds is 4. The highest BCUT2D eigenvalue weighted by atomic mass is 16.5. The highest BCUT2D eigenvalue weighted by molar-refractivity contribution is 6.17. The summed E-state index contributed by atoms with van der Waals surface area (Å²) < 4.78 is 5.77. The second-order valence-electron chi connectivity index (χ2n) is 13.5. The maximum Gasteiger partial charge on any atom is 0.310 e. The topological polar surface area (TPSA) is 72.5 Å². The Hall–Kier alpha value is -2.43. The van der Waals surface area contributed by atoms with Gasteiger partial charge in [-0.2, -0.15) is 0 Å². The van der Waals surface area contributed by atoms with Gasteiger partial charge < -0.3 is 4.74 Å². The lowest BCUT2D eigenvalue weighted by Crippen LogP contribution is -2.32. The fourth-order valence-corrected chi connectivity index (χ4v) is 4.68. The van der Waals surface area contributed by atoms with Crippen LogP contribution in [0, 0.1) is 0 Å². The fraction of sp³-hybridized carbons (Fsp3) is 0.621. The van der Waals surface area contributed by atoms with E-state index in [0.29, 0.717) is 0 Å². The van der Waals surface area contributed by atoms with Gasteiger partial charge in [0.25, 0.3) is 11.8 Å². The van der Waals surface area contributed by atoms with E-state index in [2.05, 4.69) is 94.5 Å². The van der Waals surface area contributed by atoms with Gasteiger partial charge in [-0.3, -0.25) is 19.7 Å². The number of hydrogen-bond acceptors (Lipinski definition) is 4. The molecule has 0 saturated carbocycles. The van der Waals surface area contributed by atoms with Crippen LogP contribution in [0.15, 0.2) is 17.7 Å². The lowest BCUT2D eigenvalue weighted by Gasteiger charge is -2.40. The van der Waals surface area contributed by atoms with Gasteiger partial charge in [-0.25, -0.2) is 0 Å². The summed E-state index contributed by atoms with van der Waals surface area (Å²) in [6.45, 7) is 26.8. The van der Waals surface area contributed by atoms with Crippen LogP contribution in [-0.4, -0.2) is 17.8 Å². The minimum Gasteiger partial charge on any atom is -0.461 e. The van der Waals surface area contributed by atoms with Crippen molar-refractivity contribution in [3.05, 3.63) is 45.5 Å². The van der Waals surface area contributed by atoms with Gasteiger partial charge >= 0.3 is 5.97 Å². The zero-order valence-electron chi connectivity index (χ0n) is 23.2. The fourth-order valence-electron chi connectivity index (χ4n) is 4.68. The molecule has 34 heavy (non-hydrogen) atoms. The van der Waals surface area contributed by atoms with Crippen molar-refractivity contribution in [1.82, 2.24) is 5.32 Å². The van der Waals surface area contributed by atoms with E-state index in [0.717, 1.165) is 11.1 Å². The first-order valence-electron chi connectivity index (χ1n) is 12.1. The first-order valence-corrected chi connectivity index (χ1v) is 12.1. The van der Waals surface area contributed by atoms with Gasteiger partial charge in [-0.05, 0) is 49.5 Å². The Morgan fingerprint density at radius 1 is 0.765 bits per heavy atom. The first-order chi connectivity index (χ1) is 15.1. The average molecular weight is 470 g/mol. The molecule has 1 aliphatic rings. The molecule has 0 spiro atoms. The molecule has 5 nitrogen and oxygen atoms in total. The Kier molecular flexibility index (Phi) is 7.34. The van der Waals surface area contributed by atoms with Crippen molar-refractivity contribution in [2.75, 3.05) is 0 Å². The third-order valence-corrected chi connectivity index (χ3v) is 6.10. The number of imide groups is 1. The number of esters is 1. The molecular formula is C29H43NO4. The molecule has 0 aliphatic carbocycles. The van der Waals surface area contributed by atoms with E-state index >= 15 is 0 Å². The van der Waals surface area contributed by atoms with Crippen molar-refractivity contribution in [1.29, 1.82) is 0 Å². The largest absolute Gasteiger partial charge is 0.461 e. The predicted octanol–water partition coefficient (Wildman–Crippen LogP) is 5.89. The van der Waals surface area contributed by atoms with Crippen LogP contribution >= 0.6 is 0 Å². The van der Waals surface area contributed by atoms with Crippen molar-refractivity contribution in [3.63, 3.8) is 0 Å². The van der Waals surface area contributed by atoms with Crippen molar-refractivity contribution < 1.29 is 19.1 Å². The van der Waals surface area contributed by atoms with Crippen LogP contribution in [0.3, 0.4) is 0 Å². The highest BCUT2D eigenvalue weighted by Crippen LogP contribution is 2.46. The molecule has 2 amide bonds. The van der Waals surface area contributed by atoms with Gasteiger partial charge in [0.05, 0.1) is 6.42 Å². The van der Waals surface area contributed by atoms with Crippen LogP contribution in [-0.2, 0) is 47.4 Å². The Morgan fingerprint density at radius 2 is 1.26 bits per heavy atom. The molecule has 1 N–H and O–H groups in total. The Morgan fingerprint density at radius 3 is 1.65 bits per heavy atom. The summed E-state index contributed by atoms with van der Waals surface area (Å²) in [6.07, 6.45) is 0.945. The zero-order valence-corrected chi connectivity index (χ0v) is 23.2. The van der Waals surface area contributed by atoms with Crippen molar-refractivity contribution in [2.45, 2.75) is 118 Å². The molecule has 1 aliphatic heterocycles. The van der Waals surface area contributed by atoms with Crippen LogP contribution in [0.1, 0.15) is 117 Å². The van der Waals surface area contributed by atoms with Crippen molar-refractivity contribution >= 4 is 17.8 Å². The molecule has 1 heterocycles. The Labute approximate surface area is 205 Å². The smallest absolute Gasteiger partial charge is 0.310 e. The summed E-state index contributed by atoms with van der Waals surface area (Å²) in [6, 6.07) is 2.31. The van der Waals surface area contributed by atoms with E-state index in [4.69, 9.17) is 4.74 Å². The van der Waals surface area contributed by atoms with E-state index in [-0.39, 0.29) is 40.3 Å². The summed E-state index contributed by atoms with van der Waals surface area (Å²) in [5.41, 5.74) is 5.64. The lowest BCUT2D eigenvalue weighted by molar-refractivity contribution is -0.144. The second kappa shape index (κ2) is 8.98. The normalized spacial score (nSPS) is 15.4. The number of hydrogen-bond donors (Lipinski definition) is 1. The minimum absolute atomic E-state index is 0.0628. The summed E-state index contributed by atoms with van der Waals surface area (Å²) in [7, 11) is 0. The van der Waals surface area contributed by atoms with Crippen LogP contribution in [0.5, 0.6) is 0 Å². The number of carbonyl (C=O) groups is 3. The van der Waals surface area contributed by atoms with Gasteiger partial charge in [-0.15, -0.1) is 0 Å². The molecule has 0 saturated heterocycles. The summed E-state index contributed by atoms with van der Waals surface area (Å²) in [4.78, 5) is 36.0. The molecule has 2 rings (SSSR count). The second-order valence-corrected chi connectivity index (χ2v) is 13.5. The average Bonchev–Trinajstić information content (AvgIpc) is 2.92. The molecule has 5 heteroatoms. The highest BCUT2D eigenvalue weighted by Gasteiger charge is 2.37. The summed E-state index contributed by atoms with van der Waals surface area (Å²) >= 11 is 0. The van der Waals surface area contributed by atoms with E-state index < -0.39 is 17.8 Å². The molecular weight excluding hydrogens is 426 g/mol. The molecule has 0 fully saturated rings. The summed E-state index contributed by atoms with van der Waals surface area (Å²) in [5.74, 6) is -1.55. The van der Waals surface area contributed by atoms with Crippen molar-refractivity contribution in [2.24, 2.45) is 0 Å². The number of amides is 2. The van der Waals surface area contributed by atoms with E-state index in [1.807, 2.05) is 0 Å². The minimum atomic E-state index is -0.530. The van der Waals surface area contributed by atoms with E-state index in [1.165, 1.54) is 22.8 Å². The Bertz CT molecular complexity index is 1030. The van der Waals surface area contributed by atoms with Gasteiger partial charge in [0.15, 0.2) is 0 Å². The van der Waals surface area contributed by atoms with Crippen LogP contribution in [0.4, 0.5) is 0 Å². The molecule has 1 aromatic carbocycles. The first kappa shape index (κ1) is 27.8. The van der Waals surface area contributed by atoms with Crippen LogP contribution in [0.2, 0.25) is 0 Å². The standard InChI is InChI=1S/C29H43NO4/c1-26(2,3)19-15-20(27(4,5)6)24(29(10,11)12)23(28(7,8)9)18(19)16-34-22(32)14-17-13-21(31)30-25(17)33/h13,15H,14,16H2,1-12H3,(H,30,31,33). The van der Waals surface area contributed by atoms with Gasteiger partial charge in [0.1, 0.15) is 6.61 Å². The maximum atomic E-state index is 12.7. The summed E-state index contributed by atoms with van der Waals surface area (Å²) in [5, 5.41) is 2.17. The SMILES string of the molecule is CC(C)(C)c1cc(C(C)(C)C)c(C(C)(C)C)c(C(C)(C)C)c1COC(=O)CC1=CC(=O)NC1=O. The number of carbonyl (C=O) groups excluding carboxylic acids is 3. The van der Waals surface area contributed by atoms with Gasteiger partial charge in [0.2, 0.25) is 0 Å². The number of nitrogens with one attached hydrogen (secondary N) is 1. The molecule has 0 aromatic heterocycles. The molecule has 0 bridgehead atoms. The van der Waals surface area contributed by atoms with Crippen molar-refractivity contribution in [3.8, 4) is 0 Å². The molecule has 1 aromatic rings. The zero-order chi connectivity index (χ0) is 26.4. The van der Waals surface area contributed by atoms with Gasteiger partial charge in [0, 0.05) is 11.6 Å². The lowest BCUT2D eigenvalue weighted by atomic mass is 9.64. The van der Waals surface area contributed by atoms with E-state index in [9.17, 15) is 14.4 Å². The molecule has 0 atom stereocenters.